The van der Waals surface area contributed by atoms with Crippen LogP contribution in [0.15, 0.2) is 54.6 Å². The summed E-state index contributed by atoms with van der Waals surface area (Å²) in [6, 6.07) is 18.0. The van der Waals surface area contributed by atoms with Crippen LogP contribution in [-0.4, -0.2) is 33.7 Å². The van der Waals surface area contributed by atoms with Gasteiger partial charge in [0.1, 0.15) is 11.4 Å². The van der Waals surface area contributed by atoms with Crippen molar-refractivity contribution in [2.75, 3.05) is 6.61 Å². The number of aromatic nitrogens is 2. The summed E-state index contributed by atoms with van der Waals surface area (Å²) in [5.41, 5.74) is 4.40. The lowest BCUT2D eigenvalue weighted by molar-refractivity contribution is 0.0687. The number of hydrogen-bond donors (Lipinski definition) is 1. The quantitative estimate of drug-likeness (QED) is 0.564. The van der Waals surface area contributed by atoms with Crippen LogP contribution in [0.25, 0.3) is 11.3 Å². The van der Waals surface area contributed by atoms with Crippen molar-refractivity contribution >= 4 is 5.91 Å². The molecule has 1 aromatic heterocycles. The summed E-state index contributed by atoms with van der Waals surface area (Å²) in [4.78, 5) is 15.1. The van der Waals surface area contributed by atoms with E-state index in [9.17, 15) is 4.79 Å². The maximum Gasteiger partial charge on any atom is 0.273 e. The van der Waals surface area contributed by atoms with Gasteiger partial charge in [0.2, 0.25) is 0 Å². The van der Waals surface area contributed by atoms with Crippen molar-refractivity contribution in [1.29, 1.82) is 0 Å². The Labute approximate surface area is 171 Å². The van der Waals surface area contributed by atoms with Crippen molar-refractivity contribution in [3.63, 3.8) is 0 Å². The summed E-state index contributed by atoms with van der Waals surface area (Å²) in [6.07, 6.45) is 2.12. The zero-order valence-electron chi connectivity index (χ0n) is 17.2. The molecular weight excluding hydrogens is 362 g/mol. The van der Waals surface area contributed by atoms with Crippen LogP contribution in [0.1, 0.15) is 61.3 Å². The van der Waals surface area contributed by atoms with Crippen molar-refractivity contribution < 1.29 is 9.53 Å². The van der Waals surface area contributed by atoms with Gasteiger partial charge in [-0.1, -0.05) is 55.8 Å². The van der Waals surface area contributed by atoms with E-state index in [0.29, 0.717) is 12.3 Å². The minimum Gasteiger partial charge on any atom is -0.494 e. The summed E-state index contributed by atoms with van der Waals surface area (Å²) in [7, 11) is 0. The third-order valence-corrected chi connectivity index (χ3v) is 5.35. The Hall–Kier alpha value is -3.08. The number of amides is 1. The van der Waals surface area contributed by atoms with Crippen LogP contribution in [0.2, 0.25) is 0 Å². The van der Waals surface area contributed by atoms with Gasteiger partial charge in [-0.3, -0.25) is 9.89 Å². The lowest BCUT2D eigenvalue weighted by Crippen LogP contribution is -2.35. The second-order valence-electron chi connectivity index (χ2n) is 7.71. The van der Waals surface area contributed by atoms with Crippen LogP contribution in [0.4, 0.5) is 0 Å². The van der Waals surface area contributed by atoms with Crippen LogP contribution in [0, 0.1) is 0 Å². The summed E-state index contributed by atoms with van der Waals surface area (Å²) in [5.74, 6) is 0.831. The maximum atomic E-state index is 13.2. The van der Waals surface area contributed by atoms with Crippen molar-refractivity contribution in [3.8, 4) is 17.0 Å². The first-order chi connectivity index (χ1) is 14.1. The molecule has 0 bridgehead atoms. The number of rotatable bonds is 7. The Bertz CT molecular complexity index is 994. The first-order valence-corrected chi connectivity index (χ1v) is 10.3. The van der Waals surface area contributed by atoms with E-state index in [4.69, 9.17) is 4.74 Å². The third kappa shape index (κ3) is 3.53. The van der Waals surface area contributed by atoms with Gasteiger partial charge in [0, 0.05) is 17.2 Å². The fourth-order valence-corrected chi connectivity index (χ4v) is 3.95. The third-order valence-electron chi connectivity index (χ3n) is 5.35. The Kier molecular flexibility index (Phi) is 5.38. The molecule has 5 nitrogen and oxygen atoms in total. The highest BCUT2D eigenvalue weighted by atomic mass is 16.5. The standard InChI is InChI=1S/C24H27N3O2/c1-4-5-14-29-19-13-9-12-18(15-19)23-20-21(17-10-7-6-8-11-17)25-26-22(20)24(28)27(23)16(2)3/h6-13,15-16,23H,4-5,14H2,1-3H3,(H,25,26). The Balaban J connectivity index is 1.79. The van der Waals surface area contributed by atoms with Crippen molar-refractivity contribution in [2.45, 2.75) is 45.7 Å². The van der Waals surface area contributed by atoms with Crippen LogP contribution >= 0.6 is 0 Å². The van der Waals surface area contributed by atoms with E-state index in [2.05, 4.69) is 29.3 Å². The minimum absolute atomic E-state index is 0.00742. The monoisotopic (exact) mass is 389 g/mol. The first-order valence-electron chi connectivity index (χ1n) is 10.3. The molecule has 0 aliphatic carbocycles. The van der Waals surface area contributed by atoms with Gasteiger partial charge in [0.05, 0.1) is 18.3 Å². The van der Waals surface area contributed by atoms with E-state index in [0.717, 1.165) is 41.0 Å². The average molecular weight is 389 g/mol. The van der Waals surface area contributed by atoms with Crippen LogP contribution in [0.3, 0.4) is 0 Å². The Morgan fingerprint density at radius 3 is 2.66 bits per heavy atom. The summed E-state index contributed by atoms with van der Waals surface area (Å²) in [5, 5.41) is 7.51. The van der Waals surface area contributed by atoms with E-state index in [-0.39, 0.29) is 18.0 Å². The first kappa shape index (κ1) is 19.2. The second-order valence-corrected chi connectivity index (χ2v) is 7.71. The number of H-pyrrole nitrogens is 1. The molecule has 4 rings (SSSR count). The number of nitrogens with zero attached hydrogens (tertiary/aromatic N) is 2. The molecule has 0 spiro atoms. The Morgan fingerprint density at radius 1 is 1.14 bits per heavy atom. The molecule has 1 N–H and O–H groups in total. The molecular formula is C24H27N3O2. The normalized spacial score (nSPS) is 15.8. The van der Waals surface area contributed by atoms with Gasteiger partial charge < -0.3 is 9.64 Å². The summed E-state index contributed by atoms with van der Waals surface area (Å²) >= 11 is 0. The molecule has 0 saturated carbocycles. The van der Waals surface area contributed by atoms with E-state index < -0.39 is 0 Å². The summed E-state index contributed by atoms with van der Waals surface area (Å²) in [6.45, 7) is 6.95. The highest BCUT2D eigenvalue weighted by Gasteiger charge is 2.43. The van der Waals surface area contributed by atoms with Crippen LogP contribution < -0.4 is 4.74 Å². The molecule has 0 fully saturated rings. The van der Waals surface area contributed by atoms with Crippen LogP contribution in [0.5, 0.6) is 5.75 Å². The number of ether oxygens (including phenoxy) is 1. The van der Waals surface area contributed by atoms with Gasteiger partial charge in [-0.25, -0.2) is 0 Å². The molecule has 0 radical (unpaired) electrons. The SMILES string of the molecule is CCCCOc1cccc(C2c3c(-c4ccccc4)n[nH]c3C(=O)N2C(C)C)c1. The molecule has 150 valence electrons. The topological polar surface area (TPSA) is 58.2 Å². The zero-order valence-corrected chi connectivity index (χ0v) is 17.2. The molecule has 5 heteroatoms. The maximum absolute atomic E-state index is 13.2. The smallest absolute Gasteiger partial charge is 0.273 e. The van der Waals surface area contributed by atoms with E-state index >= 15 is 0 Å². The molecule has 1 atom stereocenters. The second kappa shape index (κ2) is 8.11. The number of unbranched alkanes of at least 4 members (excludes halogenated alkanes) is 1. The largest absolute Gasteiger partial charge is 0.494 e. The molecule has 0 saturated heterocycles. The number of carbonyl (C=O) groups excluding carboxylic acids is 1. The van der Waals surface area contributed by atoms with Crippen molar-refractivity contribution in [1.82, 2.24) is 15.1 Å². The fraction of sp³-hybridized carbons (Fsp3) is 0.333. The Morgan fingerprint density at radius 2 is 1.93 bits per heavy atom. The predicted molar refractivity (Wildman–Crippen MR) is 114 cm³/mol. The molecule has 1 aliphatic heterocycles. The molecule has 1 amide bonds. The van der Waals surface area contributed by atoms with Gasteiger partial charge in [-0.2, -0.15) is 5.10 Å². The molecule has 29 heavy (non-hydrogen) atoms. The fourth-order valence-electron chi connectivity index (χ4n) is 3.95. The van der Waals surface area contributed by atoms with E-state index in [1.807, 2.05) is 61.2 Å². The summed E-state index contributed by atoms with van der Waals surface area (Å²) < 4.78 is 5.93. The molecule has 1 aliphatic rings. The van der Waals surface area contributed by atoms with Crippen molar-refractivity contribution in [2.24, 2.45) is 0 Å². The van der Waals surface area contributed by atoms with Crippen molar-refractivity contribution in [3.05, 3.63) is 71.4 Å². The van der Waals surface area contributed by atoms with E-state index in [1.165, 1.54) is 0 Å². The number of nitrogens with one attached hydrogen (secondary N) is 1. The predicted octanol–water partition coefficient (Wildman–Crippen LogP) is 5.21. The van der Waals surface area contributed by atoms with Gasteiger partial charge in [0.15, 0.2) is 0 Å². The van der Waals surface area contributed by atoms with E-state index in [1.54, 1.807) is 0 Å². The number of carbonyl (C=O) groups is 1. The van der Waals surface area contributed by atoms with Gasteiger partial charge >= 0.3 is 0 Å². The van der Waals surface area contributed by atoms with Gasteiger partial charge in [-0.05, 0) is 38.0 Å². The van der Waals surface area contributed by atoms with Gasteiger partial charge in [-0.15, -0.1) is 0 Å². The highest BCUT2D eigenvalue weighted by Crippen LogP contribution is 2.44. The average Bonchev–Trinajstić information content (AvgIpc) is 3.28. The lowest BCUT2D eigenvalue weighted by Gasteiger charge is -2.30. The number of hydrogen-bond acceptors (Lipinski definition) is 3. The highest BCUT2D eigenvalue weighted by molar-refractivity contribution is 6.00. The number of benzene rings is 2. The number of fused-ring (bicyclic) bond motifs is 1. The molecule has 3 aromatic rings. The van der Waals surface area contributed by atoms with Gasteiger partial charge in [0.25, 0.3) is 5.91 Å². The zero-order chi connectivity index (χ0) is 20.4. The minimum atomic E-state index is -0.193. The molecule has 1 unspecified atom stereocenters. The number of aromatic amines is 1. The van der Waals surface area contributed by atoms with Crippen LogP contribution in [-0.2, 0) is 0 Å². The molecule has 2 aromatic carbocycles. The lowest BCUT2D eigenvalue weighted by atomic mass is 9.95. The molecule has 2 heterocycles.